The van der Waals surface area contributed by atoms with Crippen LogP contribution in [0.5, 0.6) is 5.75 Å². The van der Waals surface area contributed by atoms with Crippen LogP contribution in [0.1, 0.15) is 17.7 Å². The molecule has 0 aromatic carbocycles. The quantitative estimate of drug-likeness (QED) is 0.771. The largest absolute Gasteiger partial charge is 0.495 e. The zero-order valence-electron chi connectivity index (χ0n) is 7.34. The molecule has 0 aliphatic carbocycles. The maximum absolute atomic E-state index is 12.5. The number of hydrogen-bond donors (Lipinski definition) is 1. The smallest absolute Gasteiger partial charge is 0.269 e. The monoisotopic (exact) mass is 188 g/mol. The minimum Gasteiger partial charge on any atom is -0.495 e. The van der Waals surface area contributed by atoms with E-state index in [1.807, 2.05) is 0 Å². The molecule has 3 nitrogen and oxygen atoms in total. The van der Waals surface area contributed by atoms with E-state index in [9.17, 15) is 8.78 Å². The molecule has 5 heteroatoms. The SMILES string of the molecule is COc1cnc(C)c(N)c1C(F)F. The van der Waals surface area contributed by atoms with Crippen LogP contribution in [0.4, 0.5) is 14.5 Å². The third kappa shape index (κ3) is 1.68. The molecule has 0 saturated carbocycles. The summed E-state index contributed by atoms with van der Waals surface area (Å²) >= 11 is 0. The molecule has 0 aliphatic rings. The van der Waals surface area contributed by atoms with Gasteiger partial charge in [-0.3, -0.25) is 4.98 Å². The highest BCUT2D eigenvalue weighted by molar-refractivity contribution is 5.56. The molecule has 0 fully saturated rings. The van der Waals surface area contributed by atoms with E-state index < -0.39 is 6.43 Å². The lowest BCUT2D eigenvalue weighted by molar-refractivity contribution is 0.147. The van der Waals surface area contributed by atoms with Crippen molar-refractivity contribution in [1.29, 1.82) is 0 Å². The van der Waals surface area contributed by atoms with Crippen LogP contribution in [0.15, 0.2) is 6.20 Å². The maximum atomic E-state index is 12.5. The average Bonchev–Trinajstić information content (AvgIpc) is 2.08. The number of rotatable bonds is 2. The van der Waals surface area contributed by atoms with Crippen molar-refractivity contribution in [2.75, 3.05) is 12.8 Å². The third-order valence-corrected chi connectivity index (χ3v) is 1.76. The van der Waals surface area contributed by atoms with E-state index in [2.05, 4.69) is 4.98 Å². The van der Waals surface area contributed by atoms with Crippen molar-refractivity contribution >= 4 is 5.69 Å². The Morgan fingerprint density at radius 2 is 2.15 bits per heavy atom. The summed E-state index contributed by atoms with van der Waals surface area (Å²) in [5.74, 6) is 0.0260. The fourth-order valence-electron chi connectivity index (χ4n) is 1.01. The number of nitrogen functional groups attached to an aromatic ring is 1. The molecular weight excluding hydrogens is 178 g/mol. The Morgan fingerprint density at radius 1 is 1.54 bits per heavy atom. The predicted molar refractivity (Wildman–Crippen MR) is 44.9 cm³/mol. The molecule has 13 heavy (non-hydrogen) atoms. The van der Waals surface area contributed by atoms with E-state index in [0.717, 1.165) is 0 Å². The lowest BCUT2D eigenvalue weighted by atomic mass is 10.2. The number of alkyl halides is 2. The lowest BCUT2D eigenvalue weighted by Gasteiger charge is -2.11. The Balaban J connectivity index is 3.32. The summed E-state index contributed by atoms with van der Waals surface area (Å²) in [4.78, 5) is 3.81. The fraction of sp³-hybridized carbons (Fsp3) is 0.375. The number of aromatic nitrogens is 1. The second kappa shape index (κ2) is 3.55. The highest BCUT2D eigenvalue weighted by Gasteiger charge is 2.19. The van der Waals surface area contributed by atoms with Gasteiger partial charge in [-0.25, -0.2) is 8.78 Å². The maximum Gasteiger partial charge on any atom is 0.269 e. The zero-order valence-corrected chi connectivity index (χ0v) is 7.34. The van der Waals surface area contributed by atoms with E-state index in [0.29, 0.717) is 5.69 Å². The van der Waals surface area contributed by atoms with Crippen molar-refractivity contribution in [3.8, 4) is 5.75 Å². The Morgan fingerprint density at radius 3 is 2.62 bits per heavy atom. The van der Waals surface area contributed by atoms with Gasteiger partial charge < -0.3 is 10.5 Å². The second-order valence-corrected chi connectivity index (χ2v) is 2.54. The van der Waals surface area contributed by atoms with E-state index in [-0.39, 0.29) is 17.0 Å². The van der Waals surface area contributed by atoms with Crippen LogP contribution in [0.2, 0.25) is 0 Å². The summed E-state index contributed by atoms with van der Waals surface area (Å²) in [6.45, 7) is 1.57. The fourth-order valence-corrected chi connectivity index (χ4v) is 1.01. The Bertz CT molecular complexity index is 315. The summed E-state index contributed by atoms with van der Waals surface area (Å²) in [7, 11) is 1.30. The highest BCUT2D eigenvalue weighted by atomic mass is 19.3. The first-order valence-electron chi connectivity index (χ1n) is 3.65. The molecule has 0 atom stereocenters. The number of pyridine rings is 1. The number of halogens is 2. The molecular formula is C8H10F2N2O. The molecule has 72 valence electrons. The number of anilines is 1. The highest BCUT2D eigenvalue weighted by Crippen LogP contribution is 2.34. The standard InChI is InChI=1S/C8H10F2N2O/c1-4-7(11)6(8(9)10)5(13-2)3-12-4/h3,8H,11H2,1-2H3. The average molecular weight is 188 g/mol. The molecule has 0 aliphatic heterocycles. The first-order chi connectivity index (χ1) is 6.07. The van der Waals surface area contributed by atoms with Gasteiger partial charge in [0.2, 0.25) is 0 Å². The van der Waals surface area contributed by atoms with Crippen LogP contribution in [0.25, 0.3) is 0 Å². The molecule has 2 N–H and O–H groups in total. The van der Waals surface area contributed by atoms with Gasteiger partial charge in [0.15, 0.2) is 0 Å². The number of nitrogens with zero attached hydrogens (tertiary/aromatic N) is 1. The predicted octanol–water partition coefficient (Wildman–Crippen LogP) is 1.92. The van der Waals surface area contributed by atoms with Crippen molar-refractivity contribution in [2.24, 2.45) is 0 Å². The van der Waals surface area contributed by atoms with Gasteiger partial charge in [-0.05, 0) is 6.92 Å². The minimum absolute atomic E-state index is 0.00523. The van der Waals surface area contributed by atoms with Gasteiger partial charge in [0, 0.05) is 0 Å². The van der Waals surface area contributed by atoms with Gasteiger partial charge in [-0.1, -0.05) is 0 Å². The van der Waals surface area contributed by atoms with E-state index >= 15 is 0 Å². The van der Waals surface area contributed by atoms with Gasteiger partial charge in [-0.2, -0.15) is 0 Å². The Labute approximate surface area is 74.5 Å². The second-order valence-electron chi connectivity index (χ2n) is 2.54. The van der Waals surface area contributed by atoms with Crippen LogP contribution >= 0.6 is 0 Å². The number of aryl methyl sites for hydroxylation is 1. The molecule has 0 unspecified atom stereocenters. The first-order valence-corrected chi connectivity index (χ1v) is 3.65. The summed E-state index contributed by atoms with van der Waals surface area (Å²) in [6.07, 6.45) is -1.40. The van der Waals surface area contributed by atoms with Gasteiger partial charge in [0.05, 0.1) is 30.3 Å². The number of methoxy groups -OCH3 is 1. The molecule has 0 radical (unpaired) electrons. The Hall–Kier alpha value is -1.39. The zero-order chi connectivity index (χ0) is 10.0. The van der Waals surface area contributed by atoms with Crippen molar-refractivity contribution in [3.05, 3.63) is 17.5 Å². The van der Waals surface area contributed by atoms with Gasteiger partial charge in [0.1, 0.15) is 5.75 Å². The molecule has 0 amide bonds. The van der Waals surface area contributed by atoms with Crippen LogP contribution in [-0.4, -0.2) is 12.1 Å². The topological polar surface area (TPSA) is 48.1 Å². The summed E-state index contributed by atoms with van der Waals surface area (Å²) in [5, 5.41) is 0. The van der Waals surface area contributed by atoms with Crippen molar-refractivity contribution in [3.63, 3.8) is 0 Å². The third-order valence-electron chi connectivity index (χ3n) is 1.76. The molecule has 0 spiro atoms. The molecule has 0 bridgehead atoms. The van der Waals surface area contributed by atoms with Crippen molar-refractivity contribution in [1.82, 2.24) is 4.98 Å². The molecule has 1 aromatic rings. The van der Waals surface area contributed by atoms with Crippen molar-refractivity contribution < 1.29 is 13.5 Å². The van der Waals surface area contributed by atoms with Crippen LogP contribution in [0.3, 0.4) is 0 Å². The van der Waals surface area contributed by atoms with Crippen molar-refractivity contribution in [2.45, 2.75) is 13.3 Å². The summed E-state index contributed by atoms with van der Waals surface area (Å²) in [5.41, 5.74) is 5.54. The molecule has 1 rings (SSSR count). The summed E-state index contributed by atoms with van der Waals surface area (Å²) in [6, 6.07) is 0. The number of ether oxygens (including phenoxy) is 1. The molecule has 1 aromatic heterocycles. The molecule has 0 saturated heterocycles. The Kier molecular flexibility index (Phi) is 2.65. The summed E-state index contributed by atoms with van der Waals surface area (Å²) < 4.78 is 29.7. The van der Waals surface area contributed by atoms with E-state index in [1.165, 1.54) is 13.3 Å². The lowest BCUT2D eigenvalue weighted by Crippen LogP contribution is -2.03. The van der Waals surface area contributed by atoms with Crippen LogP contribution in [-0.2, 0) is 0 Å². The van der Waals surface area contributed by atoms with Gasteiger partial charge in [0.25, 0.3) is 6.43 Å². The number of hydrogen-bond acceptors (Lipinski definition) is 3. The van der Waals surface area contributed by atoms with Crippen LogP contribution in [0, 0.1) is 6.92 Å². The van der Waals surface area contributed by atoms with E-state index in [4.69, 9.17) is 10.5 Å². The first kappa shape index (κ1) is 9.70. The van der Waals surface area contributed by atoms with Gasteiger partial charge in [-0.15, -0.1) is 0 Å². The molecule has 1 heterocycles. The van der Waals surface area contributed by atoms with E-state index in [1.54, 1.807) is 6.92 Å². The van der Waals surface area contributed by atoms with Crippen LogP contribution < -0.4 is 10.5 Å². The minimum atomic E-state index is -2.64. The normalized spacial score (nSPS) is 10.5. The number of nitrogens with two attached hydrogens (primary N) is 1. The van der Waals surface area contributed by atoms with Gasteiger partial charge >= 0.3 is 0 Å².